The van der Waals surface area contributed by atoms with Crippen molar-refractivity contribution in [2.75, 3.05) is 30.8 Å². The van der Waals surface area contributed by atoms with E-state index in [2.05, 4.69) is 5.32 Å². The molecule has 3 N–H and O–H groups in total. The Balaban J connectivity index is 2.00. The molecule has 0 aromatic heterocycles. The number of anilines is 2. The predicted octanol–water partition coefficient (Wildman–Crippen LogP) is 3.51. The lowest BCUT2D eigenvalue weighted by atomic mass is 10.2. The zero-order valence-electron chi connectivity index (χ0n) is 11.6. The van der Waals surface area contributed by atoms with E-state index in [9.17, 15) is 0 Å². The lowest BCUT2D eigenvalue weighted by Gasteiger charge is -2.12. The van der Waals surface area contributed by atoms with Gasteiger partial charge in [-0.1, -0.05) is 18.2 Å². The minimum Gasteiger partial charge on any atom is -0.457 e. The molecule has 0 amide bonds. The van der Waals surface area contributed by atoms with Gasteiger partial charge in [-0.25, -0.2) is 0 Å². The molecule has 4 heteroatoms. The zero-order valence-corrected chi connectivity index (χ0v) is 11.6. The third-order valence-corrected chi connectivity index (χ3v) is 2.77. The van der Waals surface area contributed by atoms with Crippen LogP contribution >= 0.6 is 0 Å². The molecule has 0 atom stereocenters. The number of benzene rings is 2. The van der Waals surface area contributed by atoms with Crippen LogP contribution in [0.2, 0.25) is 0 Å². The maximum absolute atomic E-state index is 5.94. The highest BCUT2D eigenvalue weighted by molar-refractivity contribution is 5.68. The van der Waals surface area contributed by atoms with Gasteiger partial charge in [-0.15, -0.1) is 0 Å². The van der Waals surface area contributed by atoms with Crippen molar-refractivity contribution < 1.29 is 9.47 Å². The fraction of sp³-hybridized carbons (Fsp3) is 0.250. The maximum atomic E-state index is 5.94. The van der Waals surface area contributed by atoms with Crippen LogP contribution in [0.25, 0.3) is 0 Å². The molecule has 0 saturated carbocycles. The summed E-state index contributed by atoms with van der Waals surface area (Å²) in [4.78, 5) is 0. The van der Waals surface area contributed by atoms with Gasteiger partial charge >= 0.3 is 0 Å². The van der Waals surface area contributed by atoms with E-state index in [4.69, 9.17) is 15.2 Å². The van der Waals surface area contributed by atoms with Crippen LogP contribution in [0.4, 0.5) is 11.4 Å². The van der Waals surface area contributed by atoms with Crippen LogP contribution in [0.1, 0.15) is 6.92 Å². The molecule has 0 saturated heterocycles. The molecule has 4 nitrogen and oxygen atoms in total. The van der Waals surface area contributed by atoms with Crippen LogP contribution in [0.3, 0.4) is 0 Å². The van der Waals surface area contributed by atoms with Crippen molar-refractivity contribution in [1.29, 1.82) is 0 Å². The minimum absolute atomic E-state index is 0.652. The molecule has 0 aliphatic carbocycles. The van der Waals surface area contributed by atoms with Crippen molar-refractivity contribution in [3.05, 3.63) is 48.5 Å². The largest absolute Gasteiger partial charge is 0.457 e. The van der Waals surface area contributed by atoms with Gasteiger partial charge in [-0.2, -0.15) is 0 Å². The van der Waals surface area contributed by atoms with Gasteiger partial charge in [0.05, 0.1) is 18.0 Å². The van der Waals surface area contributed by atoms with Gasteiger partial charge in [-0.3, -0.25) is 0 Å². The molecule has 2 aromatic carbocycles. The van der Waals surface area contributed by atoms with Gasteiger partial charge in [0, 0.05) is 19.2 Å². The topological polar surface area (TPSA) is 56.5 Å². The molecule has 0 bridgehead atoms. The number of nitrogens with two attached hydrogens (primary N) is 1. The van der Waals surface area contributed by atoms with Gasteiger partial charge in [-0.05, 0) is 31.2 Å². The van der Waals surface area contributed by atoms with Gasteiger partial charge in [0.15, 0.2) is 0 Å². The van der Waals surface area contributed by atoms with Gasteiger partial charge < -0.3 is 20.5 Å². The predicted molar refractivity (Wildman–Crippen MR) is 82.4 cm³/mol. The molecule has 2 aromatic rings. The fourth-order valence-electron chi connectivity index (χ4n) is 1.78. The highest BCUT2D eigenvalue weighted by atomic mass is 16.5. The number of para-hydroxylation sites is 1. The molecule has 0 aliphatic rings. The molecule has 0 unspecified atom stereocenters. The summed E-state index contributed by atoms with van der Waals surface area (Å²) in [6, 6.07) is 15.3. The van der Waals surface area contributed by atoms with E-state index in [1.165, 1.54) is 0 Å². The number of ether oxygens (including phenoxy) is 2. The van der Waals surface area contributed by atoms with E-state index >= 15 is 0 Å². The Kier molecular flexibility index (Phi) is 5.26. The smallest absolute Gasteiger partial charge is 0.129 e. The first kappa shape index (κ1) is 14.2. The lowest BCUT2D eigenvalue weighted by molar-refractivity contribution is 0.158. The summed E-state index contributed by atoms with van der Waals surface area (Å²) < 4.78 is 11.1. The van der Waals surface area contributed by atoms with Gasteiger partial charge in [0.1, 0.15) is 11.5 Å². The van der Waals surface area contributed by atoms with Crippen LogP contribution < -0.4 is 15.8 Å². The van der Waals surface area contributed by atoms with Crippen molar-refractivity contribution in [3.63, 3.8) is 0 Å². The van der Waals surface area contributed by atoms with E-state index in [1.54, 1.807) is 0 Å². The Morgan fingerprint density at radius 2 is 1.85 bits per heavy atom. The molecule has 106 valence electrons. The van der Waals surface area contributed by atoms with E-state index < -0.39 is 0 Å². The summed E-state index contributed by atoms with van der Waals surface area (Å²) in [6.45, 7) is 4.06. The number of rotatable bonds is 7. The number of nitrogen functional groups attached to an aromatic ring is 1. The van der Waals surface area contributed by atoms with E-state index in [0.717, 1.165) is 17.2 Å². The standard InChI is InChI=1S/C16H20N2O2/c1-2-19-11-10-18-16-12-14(8-9-15(16)17)20-13-6-4-3-5-7-13/h3-9,12,18H,2,10-11,17H2,1H3. The van der Waals surface area contributed by atoms with Crippen LogP contribution in [0.15, 0.2) is 48.5 Å². The Hall–Kier alpha value is -2.20. The number of hydrogen-bond donors (Lipinski definition) is 2. The van der Waals surface area contributed by atoms with Crippen LogP contribution in [-0.2, 0) is 4.74 Å². The van der Waals surface area contributed by atoms with Crippen LogP contribution in [-0.4, -0.2) is 19.8 Å². The summed E-state index contributed by atoms with van der Waals surface area (Å²) in [5.74, 6) is 1.56. The summed E-state index contributed by atoms with van der Waals surface area (Å²) in [7, 11) is 0. The van der Waals surface area contributed by atoms with E-state index in [-0.39, 0.29) is 0 Å². The van der Waals surface area contributed by atoms with Crippen molar-refractivity contribution in [3.8, 4) is 11.5 Å². The molecule has 20 heavy (non-hydrogen) atoms. The molecule has 0 heterocycles. The Labute approximate surface area is 119 Å². The third kappa shape index (κ3) is 4.17. The Bertz CT molecular complexity index is 529. The highest BCUT2D eigenvalue weighted by Gasteiger charge is 2.02. The first-order valence-corrected chi connectivity index (χ1v) is 6.73. The second-order valence-corrected chi connectivity index (χ2v) is 4.29. The highest BCUT2D eigenvalue weighted by Crippen LogP contribution is 2.28. The van der Waals surface area contributed by atoms with Crippen LogP contribution in [0.5, 0.6) is 11.5 Å². The van der Waals surface area contributed by atoms with Crippen molar-refractivity contribution in [1.82, 2.24) is 0 Å². The van der Waals surface area contributed by atoms with E-state index in [1.807, 2.05) is 55.5 Å². The third-order valence-electron chi connectivity index (χ3n) is 2.77. The summed E-state index contributed by atoms with van der Waals surface area (Å²) in [5, 5.41) is 3.24. The molecule has 0 fully saturated rings. The Morgan fingerprint density at radius 3 is 2.60 bits per heavy atom. The van der Waals surface area contributed by atoms with Crippen molar-refractivity contribution >= 4 is 11.4 Å². The summed E-state index contributed by atoms with van der Waals surface area (Å²) in [5.41, 5.74) is 7.49. The average Bonchev–Trinajstić information content (AvgIpc) is 2.48. The molecule has 0 aliphatic heterocycles. The van der Waals surface area contributed by atoms with Crippen molar-refractivity contribution in [2.45, 2.75) is 6.92 Å². The molecule has 0 radical (unpaired) electrons. The second-order valence-electron chi connectivity index (χ2n) is 4.29. The second kappa shape index (κ2) is 7.40. The van der Waals surface area contributed by atoms with Gasteiger partial charge in [0.2, 0.25) is 0 Å². The quantitative estimate of drug-likeness (QED) is 0.598. The average molecular weight is 272 g/mol. The zero-order chi connectivity index (χ0) is 14.2. The first-order valence-electron chi connectivity index (χ1n) is 6.73. The van der Waals surface area contributed by atoms with Crippen LogP contribution in [0, 0.1) is 0 Å². The minimum atomic E-state index is 0.652. The maximum Gasteiger partial charge on any atom is 0.129 e. The SMILES string of the molecule is CCOCCNc1cc(Oc2ccccc2)ccc1N. The molecule has 0 spiro atoms. The molecular formula is C16H20N2O2. The first-order chi connectivity index (χ1) is 9.79. The molecule has 2 rings (SSSR count). The normalized spacial score (nSPS) is 10.2. The summed E-state index contributed by atoms with van der Waals surface area (Å²) in [6.07, 6.45) is 0. The fourth-order valence-corrected chi connectivity index (χ4v) is 1.78. The van der Waals surface area contributed by atoms with Crippen molar-refractivity contribution in [2.24, 2.45) is 0 Å². The number of hydrogen-bond acceptors (Lipinski definition) is 4. The monoisotopic (exact) mass is 272 g/mol. The Morgan fingerprint density at radius 1 is 1.05 bits per heavy atom. The molecular weight excluding hydrogens is 252 g/mol. The lowest BCUT2D eigenvalue weighted by Crippen LogP contribution is -2.10. The number of nitrogens with one attached hydrogen (secondary N) is 1. The van der Waals surface area contributed by atoms with E-state index in [0.29, 0.717) is 25.4 Å². The van der Waals surface area contributed by atoms with Gasteiger partial charge in [0.25, 0.3) is 0 Å². The summed E-state index contributed by atoms with van der Waals surface area (Å²) >= 11 is 0.